The smallest absolute Gasteiger partial charge is 0.174 e. The maximum atomic E-state index is 12.5. The van der Waals surface area contributed by atoms with Crippen LogP contribution in [0.4, 0.5) is 4.39 Å². The number of benzene rings is 1. The van der Waals surface area contributed by atoms with Crippen LogP contribution in [0, 0.1) is 11.3 Å². The van der Waals surface area contributed by atoms with Crippen LogP contribution in [0.15, 0.2) is 24.3 Å². The molecule has 2 aromatic rings. The maximum absolute atomic E-state index is 12.5. The lowest BCUT2D eigenvalue weighted by Crippen LogP contribution is -1.79. The molecule has 0 amide bonds. The molecule has 0 unspecified atom stereocenters. The summed E-state index contributed by atoms with van der Waals surface area (Å²) in [4.78, 5) is 3.88. The van der Waals surface area contributed by atoms with Crippen LogP contribution in [-0.4, -0.2) is 9.36 Å². The minimum absolute atomic E-state index is 0.252. The van der Waals surface area contributed by atoms with Gasteiger partial charge in [0.05, 0.1) is 0 Å². The Morgan fingerprint density at radius 2 is 2.00 bits per heavy atom. The largest absolute Gasteiger partial charge is 0.212 e. The SMILES string of the molecule is Fc1ccc(-c2n[c]sn2)cc1. The first-order valence-corrected chi connectivity index (χ1v) is 4.09. The molecule has 0 spiro atoms. The third-order valence-corrected chi connectivity index (χ3v) is 1.86. The number of hydrogen-bond donors (Lipinski definition) is 0. The van der Waals surface area contributed by atoms with Crippen LogP contribution >= 0.6 is 11.5 Å². The van der Waals surface area contributed by atoms with Crippen LogP contribution in [0.2, 0.25) is 0 Å². The zero-order chi connectivity index (χ0) is 8.39. The Kier molecular flexibility index (Phi) is 1.83. The van der Waals surface area contributed by atoms with Crippen molar-refractivity contribution < 1.29 is 4.39 Å². The molecule has 0 bridgehead atoms. The molecule has 0 N–H and O–H groups in total. The summed E-state index contributed by atoms with van der Waals surface area (Å²) in [5, 5.41) is 0. The lowest BCUT2D eigenvalue weighted by Gasteiger charge is -1.92. The van der Waals surface area contributed by atoms with E-state index in [0.29, 0.717) is 5.82 Å². The molecule has 2 rings (SSSR count). The number of nitrogens with zero attached hydrogens (tertiary/aromatic N) is 2. The number of halogens is 1. The van der Waals surface area contributed by atoms with Crippen LogP contribution < -0.4 is 0 Å². The average molecular weight is 179 g/mol. The Morgan fingerprint density at radius 3 is 2.58 bits per heavy atom. The summed E-state index contributed by atoms with van der Waals surface area (Å²) in [5.41, 5.74) is 3.44. The summed E-state index contributed by atoms with van der Waals surface area (Å²) in [5.74, 6) is 0.345. The highest BCUT2D eigenvalue weighted by Crippen LogP contribution is 2.15. The first kappa shape index (κ1) is 7.36. The van der Waals surface area contributed by atoms with Crippen LogP contribution in [0.5, 0.6) is 0 Å². The van der Waals surface area contributed by atoms with Crippen molar-refractivity contribution >= 4 is 11.5 Å². The van der Waals surface area contributed by atoms with Gasteiger partial charge in [0.1, 0.15) is 5.82 Å². The summed E-state index contributed by atoms with van der Waals surface area (Å²) in [6, 6.07) is 6.06. The van der Waals surface area contributed by atoms with E-state index in [1.54, 1.807) is 12.1 Å². The van der Waals surface area contributed by atoms with Crippen LogP contribution in [0.1, 0.15) is 0 Å². The van der Waals surface area contributed by atoms with Gasteiger partial charge in [0, 0.05) is 5.56 Å². The minimum Gasteiger partial charge on any atom is -0.212 e. The van der Waals surface area contributed by atoms with Crippen LogP contribution in [-0.2, 0) is 0 Å². The zero-order valence-corrected chi connectivity index (χ0v) is 6.81. The summed E-state index contributed by atoms with van der Waals surface area (Å²) < 4.78 is 16.5. The van der Waals surface area contributed by atoms with E-state index in [4.69, 9.17) is 0 Å². The predicted molar refractivity (Wildman–Crippen MR) is 44.1 cm³/mol. The standard InChI is InChI=1S/C8H4FN2S/c9-7-3-1-6(2-4-7)8-10-5-12-11-8/h1-4H. The van der Waals surface area contributed by atoms with E-state index >= 15 is 0 Å². The van der Waals surface area contributed by atoms with Crippen LogP contribution in [0.25, 0.3) is 11.4 Å². The van der Waals surface area contributed by atoms with Crippen molar-refractivity contribution in [2.45, 2.75) is 0 Å². The van der Waals surface area contributed by atoms with Crippen molar-refractivity contribution in [3.8, 4) is 11.4 Å². The van der Waals surface area contributed by atoms with Gasteiger partial charge in [-0.15, -0.1) is 0 Å². The van der Waals surface area contributed by atoms with Crippen molar-refractivity contribution in [2.24, 2.45) is 0 Å². The summed E-state index contributed by atoms with van der Waals surface area (Å²) in [6.07, 6.45) is 0. The first-order chi connectivity index (χ1) is 5.86. The highest BCUT2D eigenvalue weighted by Gasteiger charge is 2.00. The second-order valence-corrected chi connectivity index (χ2v) is 2.76. The topological polar surface area (TPSA) is 25.8 Å². The van der Waals surface area contributed by atoms with Crippen LogP contribution in [0.3, 0.4) is 0 Å². The molecule has 1 heterocycles. The average Bonchev–Trinajstić information content (AvgIpc) is 2.58. The van der Waals surface area contributed by atoms with Crippen molar-refractivity contribution in [3.63, 3.8) is 0 Å². The Balaban J connectivity index is 2.43. The third kappa shape index (κ3) is 1.33. The Labute approximate surface area is 72.9 Å². The second-order valence-electron chi connectivity index (χ2n) is 2.22. The van der Waals surface area contributed by atoms with E-state index in [9.17, 15) is 4.39 Å². The first-order valence-electron chi connectivity index (χ1n) is 3.32. The van der Waals surface area contributed by atoms with Gasteiger partial charge in [-0.3, -0.25) is 0 Å². The third-order valence-electron chi connectivity index (χ3n) is 1.43. The highest BCUT2D eigenvalue weighted by molar-refractivity contribution is 7.02. The zero-order valence-electron chi connectivity index (χ0n) is 5.99. The Bertz CT molecular complexity index is 355. The van der Waals surface area contributed by atoms with Crippen molar-refractivity contribution in [1.82, 2.24) is 9.36 Å². The second kappa shape index (κ2) is 2.98. The molecule has 0 fully saturated rings. The van der Waals surface area contributed by atoms with Gasteiger partial charge in [-0.2, -0.15) is 4.37 Å². The van der Waals surface area contributed by atoms with Gasteiger partial charge < -0.3 is 0 Å². The fourth-order valence-electron chi connectivity index (χ4n) is 0.864. The monoisotopic (exact) mass is 179 g/mol. The van der Waals surface area contributed by atoms with E-state index in [1.165, 1.54) is 12.1 Å². The molecule has 2 nitrogen and oxygen atoms in total. The van der Waals surface area contributed by atoms with E-state index < -0.39 is 0 Å². The molecule has 0 saturated carbocycles. The van der Waals surface area contributed by atoms with E-state index in [2.05, 4.69) is 14.9 Å². The van der Waals surface area contributed by atoms with Gasteiger partial charge >= 0.3 is 0 Å². The number of hydrogen-bond acceptors (Lipinski definition) is 3. The summed E-state index contributed by atoms with van der Waals surface area (Å²) in [7, 11) is 0. The molecule has 1 aromatic heterocycles. The maximum Gasteiger partial charge on any atom is 0.174 e. The number of aromatic nitrogens is 2. The lowest BCUT2D eigenvalue weighted by atomic mass is 10.2. The minimum atomic E-state index is -0.252. The summed E-state index contributed by atoms with van der Waals surface area (Å²) in [6.45, 7) is 0. The molecule has 4 heteroatoms. The molecular weight excluding hydrogens is 175 g/mol. The van der Waals surface area contributed by atoms with Gasteiger partial charge in [0.25, 0.3) is 0 Å². The molecule has 1 radical (unpaired) electrons. The Morgan fingerprint density at radius 1 is 1.25 bits per heavy atom. The van der Waals surface area contributed by atoms with Gasteiger partial charge in [-0.1, -0.05) is 0 Å². The lowest BCUT2D eigenvalue weighted by molar-refractivity contribution is 0.628. The van der Waals surface area contributed by atoms with Crippen molar-refractivity contribution in [3.05, 3.63) is 35.6 Å². The van der Waals surface area contributed by atoms with E-state index in [0.717, 1.165) is 17.1 Å². The normalized spacial score (nSPS) is 10.1. The van der Waals surface area contributed by atoms with Gasteiger partial charge in [-0.25, -0.2) is 9.37 Å². The molecule has 59 valence electrons. The van der Waals surface area contributed by atoms with Gasteiger partial charge in [0.15, 0.2) is 11.3 Å². The molecule has 0 aliphatic carbocycles. The molecule has 1 aromatic carbocycles. The fourth-order valence-corrected chi connectivity index (χ4v) is 1.26. The molecule has 0 saturated heterocycles. The predicted octanol–water partition coefficient (Wildman–Crippen LogP) is 2.14. The van der Waals surface area contributed by atoms with E-state index in [-0.39, 0.29) is 5.82 Å². The van der Waals surface area contributed by atoms with Gasteiger partial charge in [-0.05, 0) is 35.8 Å². The molecule has 0 aliphatic rings. The number of rotatable bonds is 1. The van der Waals surface area contributed by atoms with Crippen molar-refractivity contribution in [2.75, 3.05) is 0 Å². The quantitative estimate of drug-likeness (QED) is 0.670. The van der Waals surface area contributed by atoms with Crippen molar-refractivity contribution in [1.29, 1.82) is 0 Å². The molecule has 0 atom stereocenters. The fraction of sp³-hybridized carbons (Fsp3) is 0. The molecule has 12 heavy (non-hydrogen) atoms. The summed E-state index contributed by atoms with van der Waals surface area (Å²) >= 11 is 1.16. The molecule has 0 aliphatic heterocycles. The van der Waals surface area contributed by atoms with E-state index in [1.807, 2.05) is 0 Å². The van der Waals surface area contributed by atoms with Gasteiger partial charge in [0.2, 0.25) is 0 Å². The highest BCUT2D eigenvalue weighted by atomic mass is 32.1. The Hall–Kier alpha value is -1.29. The molecular formula is C8H4FN2S.